The number of hydrogen-bond donors (Lipinski definition) is 3. The van der Waals surface area contributed by atoms with Gasteiger partial charge >= 0.3 is 0 Å². The monoisotopic (exact) mass is 458 g/mol. The summed E-state index contributed by atoms with van der Waals surface area (Å²) in [5.74, 6) is -1.12. The average molecular weight is 459 g/mol. The van der Waals surface area contributed by atoms with Crippen LogP contribution in [0.15, 0.2) is 35.2 Å². The Hall–Kier alpha value is -2.32. The minimum Gasteiger partial charge on any atom is -0.379 e. The summed E-state index contributed by atoms with van der Waals surface area (Å²) in [6.07, 6.45) is 4.96. The van der Waals surface area contributed by atoms with Crippen molar-refractivity contribution in [3.8, 4) is 0 Å². The molecule has 3 N–H and O–H groups in total. The van der Waals surface area contributed by atoms with Gasteiger partial charge in [0.1, 0.15) is 11.6 Å². The van der Waals surface area contributed by atoms with Gasteiger partial charge in [0.15, 0.2) is 0 Å². The van der Waals surface area contributed by atoms with Crippen molar-refractivity contribution in [2.24, 2.45) is 0 Å². The van der Waals surface area contributed by atoms with Gasteiger partial charge in [-0.1, -0.05) is 13.3 Å². The third-order valence-electron chi connectivity index (χ3n) is 7.02. The summed E-state index contributed by atoms with van der Waals surface area (Å²) in [5.41, 5.74) is 3.16. The van der Waals surface area contributed by atoms with Gasteiger partial charge in [-0.3, -0.25) is 4.79 Å². The molecule has 2 aromatic rings. The second-order valence-electron chi connectivity index (χ2n) is 8.99. The summed E-state index contributed by atoms with van der Waals surface area (Å²) in [5, 5.41) is 6.82. The molecule has 0 aromatic heterocycles. The Morgan fingerprint density at radius 1 is 1.22 bits per heavy atom. The molecule has 1 amide bonds. The third-order valence-corrected chi connectivity index (χ3v) is 7.91. The maximum absolute atomic E-state index is 14.1. The molecule has 3 aliphatic rings. The summed E-state index contributed by atoms with van der Waals surface area (Å²) < 4.78 is 30.5. The highest BCUT2D eigenvalue weighted by atomic mass is 32.2. The number of likely N-dealkylation sites (tertiary alicyclic amines) is 1. The van der Waals surface area contributed by atoms with Crippen molar-refractivity contribution in [3.63, 3.8) is 0 Å². The first-order chi connectivity index (χ1) is 15.5. The lowest BCUT2D eigenvalue weighted by Gasteiger charge is -2.36. The predicted octanol–water partition coefficient (Wildman–Crippen LogP) is 5.35. The number of anilines is 3. The van der Waals surface area contributed by atoms with Crippen molar-refractivity contribution < 1.29 is 13.6 Å². The van der Waals surface area contributed by atoms with E-state index in [1.54, 1.807) is 0 Å². The van der Waals surface area contributed by atoms with Gasteiger partial charge in [-0.25, -0.2) is 8.78 Å². The van der Waals surface area contributed by atoms with Crippen LogP contribution in [-0.2, 0) is 10.2 Å². The molecule has 8 heteroatoms. The Morgan fingerprint density at radius 2 is 2.06 bits per heavy atom. The minimum atomic E-state index is -0.601. The van der Waals surface area contributed by atoms with Crippen LogP contribution < -0.4 is 15.4 Å². The molecule has 0 radical (unpaired) electrons. The van der Waals surface area contributed by atoms with Gasteiger partial charge in [-0.05, 0) is 80.5 Å². The first-order valence-corrected chi connectivity index (χ1v) is 12.2. The van der Waals surface area contributed by atoms with Gasteiger partial charge in [0, 0.05) is 24.3 Å². The Balaban J connectivity index is 1.44. The number of fused-ring (bicyclic) bond motifs is 2. The van der Waals surface area contributed by atoms with Crippen LogP contribution in [0, 0.1) is 11.6 Å². The lowest BCUT2D eigenvalue weighted by molar-refractivity contribution is -0.123. The first-order valence-electron chi connectivity index (χ1n) is 11.4. The average Bonchev–Trinajstić information content (AvgIpc) is 3.05. The second kappa shape index (κ2) is 8.56. The van der Waals surface area contributed by atoms with Gasteiger partial charge in [-0.2, -0.15) is 0 Å². The van der Waals surface area contributed by atoms with Crippen LogP contribution in [-0.4, -0.2) is 36.5 Å². The number of rotatable bonds is 6. The molecule has 2 aromatic carbocycles. The number of nitrogens with zero attached hydrogens (tertiary/aromatic N) is 1. The summed E-state index contributed by atoms with van der Waals surface area (Å²) >= 11 is 1.11. The molecule has 1 saturated carbocycles. The van der Waals surface area contributed by atoms with E-state index < -0.39 is 17.0 Å². The molecule has 5 rings (SSSR count). The van der Waals surface area contributed by atoms with Crippen molar-refractivity contribution in [2.75, 3.05) is 35.0 Å². The number of halogens is 2. The highest BCUT2D eigenvalue weighted by molar-refractivity contribution is 8.00. The first kappa shape index (κ1) is 21.5. The van der Waals surface area contributed by atoms with Gasteiger partial charge in [0.05, 0.1) is 21.7 Å². The molecule has 0 bridgehead atoms. The molecule has 1 spiro atoms. The molecule has 1 unspecified atom stereocenters. The summed E-state index contributed by atoms with van der Waals surface area (Å²) in [4.78, 5) is 15.6. The van der Waals surface area contributed by atoms with Crippen LogP contribution >= 0.6 is 11.9 Å². The summed E-state index contributed by atoms with van der Waals surface area (Å²) in [6, 6.07) is 7.85. The number of carbonyl (C=O) groups excluding carboxylic acids is 1. The molecular weight excluding hydrogens is 430 g/mol. The maximum atomic E-state index is 14.1. The van der Waals surface area contributed by atoms with E-state index in [2.05, 4.69) is 27.2 Å². The number of piperidine rings is 1. The van der Waals surface area contributed by atoms with E-state index in [1.807, 2.05) is 12.1 Å². The quantitative estimate of drug-likeness (QED) is 0.509. The van der Waals surface area contributed by atoms with Crippen molar-refractivity contribution in [2.45, 2.75) is 55.4 Å². The van der Waals surface area contributed by atoms with E-state index in [9.17, 15) is 13.6 Å². The number of benzene rings is 2. The third kappa shape index (κ3) is 3.83. The lowest BCUT2D eigenvalue weighted by Crippen LogP contribution is -2.41. The van der Waals surface area contributed by atoms with Crippen LogP contribution in [0.1, 0.15) is 44.6 Å². The van der Waals surface area contributed by atoms with E-state index in [0.717, 1.165) is 92.4 Å². The number of amides is 1. The molecule has 2 fully saturated rings. The summed E-state index contributed by atoms with van der Waals surface area (Å²) in [6.45, 7) is 5.29. The molecule has 5 nitrogen and oxygen atoms in total. The maximum Gasteiger partial charge on any atom is 0.235 e. The smallest absolute Gasteiger partial charge is 0.235 e. The SMILES string of the molecule is CCN1CCCC(Nc2cc(NSc3ccc(F)cc3F)cc3c2NC(=O)C32CCC2)C1. The standard InChI is InChI=1S/C24H28F2N4OS/c1-2-30-10-3-5-16(14-30)27-20-13-17(29-32-21-7-6-15(25)11-19(21)26)12-18-22(20)28-23(31)24(18)8-4-9-24/h6-7,11-13,16,27,29H,2-5,8-10,14H2,1H3,(H,28,31). The van der Waals surface area contributed by atoms with Gasteiger partial charge in [-0.15, -0.1) is 0 Å². The highest BCUT2D eigenvalue weighted by Crippen LogP contribution is 2.54. The van der Waals surface area contributed by atoms with Crippen LogP contribution in [0.3, 0.4) is 0 Å². The van der Waals surface area contributed by atoms with E-state index in [4.69, 9.17) is 0 Å². The van der Waals surface area contributed by atoms with Gasteiger partial charge < -0.3 is 20.3 Å². The van der Waals surface area contributed by atoms with Crippen molar-refractivity contribution in [1.29, 1.82) is 0 Å². The molecule has 2 aliphatic heterocycles. The molecule has 170 valence electrons. The number of nitrogens with one attached hydrogen (secondary N) is 3. The van der Waals surface area contributed by atoms with Gasteiger partial charge in [0.25, 0.3) is 0 Å². The van der Waals surface area contributed by atoms with Crippen LogP contribution in [0.5, 0.6) is 0 Å². The second-order valence-corrected chi connectivity index (χ2v) is 9.84. The zero-order chi connectivity index (χ0) is 22.3. The van der Waals surface area contributed by atoms with Crippen LogP contribution in [0.4, 0.5) is 25.8 Å². The van der Waals surface area contributed by atoms with Crippen molar-refractivity contribution >= 4 is 34.9 Å². The predicted molar refractivity (Wildman–Crippen MR) is 125 cm³/mol. The van der Waals surface area contributed by atoms with E-state index >= 15 is 0 Å². The fraction of sp³-hybridized carbons (Fsp3) is 0.458. The zero-order valence-corrected chi connectivity index (χ0v) is 19.0. The molecule has 32 heavy (non-hydrogen) atoms. The summed E-state index contributed by atoms with van der Waals surface area (Å²) in [7, 11) is 0. The lowest BCUT2D eigenvalue weighted by atomic mass is 9.65. The Morgan fingerprint density at radius 3 is 2.78 bits per heavy atom. The van der Waals surface area contributed by atoms with Crippen molar-refractivity contribution in [1.82, 2.24) is 4.90 Å². The number of hydrogen-bond acceptors (Lipinski definition) is 5. The zero-order valence-electron chi connectivity index (χ0n) is 18.1. The normalized spacial score (nSPS) is 21.7. The fourth-order valence-electron chi connectivity index (χ4n) is 5.06. The van der Waals surface area contributed by atoms with Crippen LogP contribution in [0.25, 0.3) is 0 Å². The van der Waals surface area contributed by atoms with E-state index in [0.29, 0.717) is 10.9 Å². The Labute approximate surface area is 191 Å². The van der Waals surface area contributed by atoms with Gasteiger partial charge in [0.2, 0.25) is 5.91 Å². The number of carbonyl (C=O) groups is 1. The molecule has 2 heterocycles. The van der Waals surface area contributed by atoms with Crippen molar-refractivity contribution in [3.05, 3.63) is 47.5 Å². The Bertz CT molecular complexity index is 1040. The topological polar surface area (TPSA) is 56.4 Å². The minimum absolute atomic E-state index is 0.0787. The largest absolute Gasteiger partial charge is 0.379 e. The fourth-order valence-corrected chi connectivity index (χ4v) is 5.70. The van der Waals surface area contributed by atoms with Crippen LogP contribution in [0.2, 0.25) is 0 Å². The van der Waals surface area contributed by atoms with E-state index in [-0.39, 0.29) is 5.91 Å². The van der Waals surface area contributed by atoms with E-state index in [1.165, 1.54) is 12.1 Å². The molecular formula is C24H28F2N4OS. The molecule has 1 aliphatic carbocycles. The highest BCUT2D eigenvalue weighted by Gasteiger charge is 2.52. The number of likely N-dealkylation sites (N-methyl/N-ethyl adjacent to an activating group) is 1. The molecule has 1 atom stereocenters. The molecule has 1 saturated heterocycles. The Kier molecular flexibility index (Phi) is 5.75.